The molecule has 6 nitrogen and oxygen atoms in total. The number of fused-ring (bicyclic) bond motifs is 1. The monoisotopic (exact) mass is 431 g/mol. The number of thiophene rings is 1. The van der Waals surface area contributed by atoms with E-state index in [1.807, 2.05) is 16.8 Å². The zero-order valence-corrected chi connectivity index (χ0v) is 16.7. The van der Waals surface area contributed by atoms with Crippen molar-refractivity contribution in [2.45, 2.75) is 6.61 Å². The number of aromatic hydroxyl groups is 1. The van der Waals surface area contributed by atoms with Crippen LogP contribution in [0.1, 0.15) is 5.56 Å². The Balaban J connectivity index is 1.70. The largest absolute Gasteiger partial charge is 0.506 e. The predicted molar refractivity (Wildman–Crippen MR) is 111 cm³/mol. The second kappa shape index (κ2) is 8.10. The van der Waals surface area contributed by atoms with Gasteiger partial charge in [-0.15, -0.1) is 0 Å². The van der Waals surface area contributed by atoms with Crippen LogP contribution in [-0.4, -0.2) is 22.2 Å². The Hall–Kier alpha value is -3.10. The number of anilines is 2. The summed E-state index contributed by atoms with van der Waals surface area (Å²) in [5, 5.41) is 17.1. The smallest absolute Gasteiger partial charge is 0.163 e. The summed E-state index contributed by atoms with van der Waals surface area (Å²) in [5.41, 5.74) is 1.67. The highest BCUT2D eigenvalue weighted by atomic mass is 35.5. The van der Waals surface area contributed by atoms with E-state index in [-0.39, 0.29) is 16.5 Å². The van der Waals surface area contributed by atoms with Gasteiger partial charge >= 0.3 is 0 Å². The number of hydrogen-bond acceptors (Lipinski definition) is 7. The number of nitrogens with zero attached hydrogens (tertiary/aromatic N) is 2. The molecule has 0 saturated heterocycles. The maximum Gasteiger partial charge on any atom is 0.163 e. The van der Waals surface area contributed by atoms with Crippen LogP contribution in [0.4, 0.5) is 15.9 Å². The number of phenols is 1. The van der Waals surface area contributed by atoms with Crippen LogP contribution in [0, 0.1) is 5.82 Å². The average molecular weight is 432 g/mol. The minimum atomic E-state index is -0.623. The van der Waals surface area contributed by atoms with E-state index in [9.17, 15) is 9.50 Å². The summed E-state index contributed by atoms with van der Waals surface area (Å²) in [5.74, 6) is 0.507. The number of nitrogens with one attached hydrogen (secondary N) is 1. The topological polar surface area (TPSA) is 76.5 Å². The minimum Gasteiger partial charge on any atom is -0.506 e. The predicted octanol–water partition coefficient (Wildman–Crippen LogP) is 5.52. The van der Waals surface area contributed by atoms with Crippen molar-refractivity contribution in [2.75, 3.05) is 12.4 Å². The van der Waals surface area contributed by atoms with Crippen molar-refractivity contribution in [1.29, 1.82) is 0 Å². The minimum absolute atomic E-state index is 0.0312. The van der Waals surface area contributed by atoms with Crippen LogP contribution >= 0.6 is 22.9 Å². The van der Waals surface area contributed by atoms with E-state index in [1.165, 1.54) is 19.5 Å². The van der Waals surface area contributed by atoms with Crippen LogP contribution in [0.25, 0.3) is 10.9 Å². The molecule has 0 saturated carbocycles. The summed E-state index contributed by atoms with van der Waals surface area (Å²) < 4.78 is 25.5. The molecule has 0 amide bonds. The zero-order valence-electron chi connectivity index (χ0n) is 15.1. The van der Waals surface area contributed by atoms with Crippen LogP contribution in [0.15, 0.2) is 47.4 Å². The Kier molecular flexibility index (Phi) is 5.37. The summed E-state index contributed by atoms with van der Waals surface area (Å²) >= 11 is 7.33. The molecule has 2 aromatic carbocycles. The van der Waals surface area contributed by atoms with E-state index in [0.29, 0.717) is 34.8 Å². The molecule has 0 aliphatic carbocycles. The van der Waals surface area contributed by atoms with Gasteiger partial charge in [-0.05, 0) is 34.5 Å². The van der Waals surface area contributed by atoms with Crippen LogP contribution in [0.5, 0.6) is 17.2 Å². The highest BCUT2D eigenvalue weighted by molar-refractivity contribution is 7.07. The number of rotatable bonds is 6. The lowest BCUT2D eigenvalue weighted by atomic mass is 10.2. The molecule has 4 aromatic rings. The molecule has 2 heterocycles. The van der Waals surface area contributed by atoms with Gasteiger partial charge in [-0.3, -0.25) is 0 Å². The molecule has 0 spiro atoms. The fourth-order valence-corrected chi connectivity index (χ4v) is 3.54. The number of ether oxygens (including phenoxy) is 2. The van der Waals surface area contributed by atoms with E-state index in [0.717, 1.165) is 11.6 Å². The van der Waals surface area contributed by atoms with E-state index < -0.39 is 5.82 Å². The lowest BCUT2D eigenvalue weighted by Crippen LogP contribution is -2.01. The Bertz CT molecular complexity index is 1170. The molecule has 0 radical (unpaired) electrons. The third-order valence-electron chi connectivity index (χ3n) is 4.18. The van der Waals surface area contributed by atoms with Gasteiger partial charge in [-0.2, -0.15) is 11.3 Å². The molecule has 2 N–H and O–H groups in total. The number of halogens is 2. The molecule has 29 heavy (non-hydrogen) atoms. The van der Waals surface area contributed by atoms with Gasteiger partial charge in [0.25, 0.3) is 0 Å². The van der Waals surface area contributed by atoms with Crippen LogP contribution in [0.2, 0.25) is 5.02 Å². The molecular formula is C20H15ClFN3O3S. The molecule has 0 atom stereocenters. The quantitative estimate of drug-likeness (QED) is 0.418. The fraction of sp³-hybridized carbons (Fsp3) is 0.100. The van der Waals surface area contributed by atoms with Gasteiger partial charge < -0.3 is 19.9 Å². The fourth-order valence-electron chi connectivity index (χ4n) is 2.73. The van der Waals surface area contributed by atoms with Gasteiger partial charge in [-0.25, -0.2) is 14.4 Å². The van der Waals surface area contributed by atoms with Crippen molar-refractivity contribution >= 4 is 45.3 Å². The number of aromatic nitrogens is 2. The third-order valence-corrected chi connectivity index (χ3v) is 5.22. The normalized spacial score (nSPS) is 10.9. The first-order chi connectivity index (χ1) is 14.0. The highest BCUT2D eigenvalue weighted by Crippen LogP contribution is 2.36. The summed E-state index contributed by atoms with van der Waals surface area (Å²) in [6.45, 7) is 0.400. The Morgan fingerprint density at radius 1 is 1.21 bits per heavy atom. The summed E-state index contributed by atoms with van der Waals surface area (Å²) in [4.78, 5) is 8.46. The van der Waals surface area contributed by atoms with Gasteiger partial charge in [0.15, 0.2) is 11.5 Å². The number of benzene rings is 2. The summed E-state index contributed by atoms with van der Waals surface area (Å²) in [6.07, 6.45) is 1.35. The van der Waals surface area contributed by atoms with Gasteiger partial charge in [0.05, 0.1) is 23.3 Å². The Morgan fingerprint density at radius 2 is 2.07 bits per heavy atom. The van der Waals surface area contributed by atoms with E-state index in [4.69, 9.17) is 21.1 Å². The van der Waals surface area contributed by atoms with Crippen molar-refractivity contribution in [3.8, 4) is 17.2 Å². The van der Waals surface area contributed by atoms with E-state index >= 15 is 0 Å². The lowest BCUT2D eigenvalue weighted by Gasteiger charge is -2.14. The van der Waals surface area contributed by atoms with E-state index in [1.54, 1.807) is 23.5 Å². The second-order valence-corrected chi connectivity index (χ2v) is 7.26. The van der Waals surface area contributed by atoms with Crippen LogP contribution in [0.3, 0.4) is 0 Å². The lowest BCUT2D eigenvalue weighted by molar-refractivity contribution is 0.285. The first kappa shape index (κ1) is 19.2. The number of phenolic OH excluding ortho intramolecular Hbond substituents is 1. The molecule has 0 unspecified atom stereocenters. The maximum atomic E-state index is 14.2. The number of methoxy groups -OCH3 is 1. The first-order valence-corrected chi connectivity index (χ1v) is 9.79. The Labute approximate surface area is 174 Å². The average Bonchev–Trinajstić information content (AvgIpc) is 3.23. The van der Waals surface area contributed by atoms with Crippen LogP contribution < -0.4 is 14.8 Å². The molecule has 0 aliphatic heterocycles. The zero-order chi connectivity index (χ0) is 20.4. The van der Waals surface area contributed by atoms with Gasteiger partial charge in [-0.1, -0.05) is 11.6 Å². The summed E-state index contributed by atoms with van der Waals surface area (Å²) in [6, 6.07) is 7.66. The SMILES string of the molecule is COc1cc2c(Nc3cc(O)c(Cl)cc3F)ncnc2cc1OCc1ccsc1. The number of hydrogen-bond donors (Lipinski definition) is 2. The highest BCUT2D eigenvalue weighted by Gasteiger charge is 2.14. The van der Waals surface area contributed by atoms with Crippen molar-refractivity contribution in [3.05, 3.63) is 63.8 Å². The molecule has 9 heteroatoms. The van der Waals surface area contributed by atoms with Gasteiger partial charge in [0.1, 0.15) is 30.3 Å². The van der Waals surface area contributed by atoms with Gasteiger partial charge in [0, 0.05) is 17.5 Å². The molecule has 0 bridgehead atoms. The summed E-state index contributed by atoms with van der Waals surface area (Å²) in [7, 11) is 1.53. The molecule has 2 aromatic heterocycles. The van der Waals surface area contributed by atoms with Crippen molar-refractivity contribution in [2.24, 2.45) is 0 Å². The maximum absolute atomic E-state index is 14.2. The van der Waals surface area contributed by atoms with Crippen molar-refractivity contribution in [3.63, 3.8) is 0 Å². The molecule has 0 aliphatic rings. The van der Waals surface area contributed by atoms with E-state index in [2.05, 4.69) is 15.3 Å². The van der Waals surface area contributed by atoms with Crippen molar-refractivity contribution < 1.29 is 19.0 Å². The third kappa shape index (κ3) is 4.03. The van der Waals surface area contributed by atoms with Gasteiger partial charge in [0.2, 0.25) is 0 Å². The molecule has 4 rings (SSSR count). The molecule has 0 fully saturated rings. The first-order valence-electron chi connectivity index (χ1n) is 8.47. The van der Waals surface area contributed by atoms with Crippen molar-refractivity contribution in [1.82, 2.24) is 9.97 Å². The molecular weight excluding hydrogens is 417 g/mol. The standard InChI is InChI=1S/C20H15ClFN3O3S/c1-27-18-4-12-15(7-19(18)28-8-11-2-3-29-9-11)23-10-24-20(12)25-16-6-17(26)13(21)5-14(16)22/h2-7,9-10,26H,8H2,1H3,(H,23,24,25). The molecule has 148 valence electrons. The second-order valence-electron chi connectivity index (χ2n) is 6.07. The van der Waals surface area contributed by atoms with Crippen LogP contribution in [-0.2, 0) is 6.61 Å². The Morgan fingerprint density at radius 3 is 2.83 bits per heavy atom.